The first-order valence-electron chi connectivity index (χ1n) is 5.87. The van der Waals surface area contributed by atoms with Gasteiger partial charge in [0.1, 0.15) is 5.52 Å². The van der Waals surface area contributed by atoms with E-state index in [4.69, 9.17) is 0 Å². The van der Waals surface area contributed by atoms with Crippen LogP contribution in [0.25, 0.3) is 5.52 Å². The van der Waals surface area contributed by atoms with Crippen LogP contribution in [-0.4, -0.2) is 28.3 Å². The molecular weight excluding hydrogens is 257 g/mol. The van der Waals surface area contributed by atoms with Crippen molar-refractivity contribution in [1.29, 1.82) is 0 Å². The van der Waals surface area contributed by atoms with Gasteiger partial charge in [-0.3, -0.25) is 0 Å². The number of aromatic nitrogens is 3. The number of rotatable bonds is 0. The van der Waals surface area contributed by atoms with E-state index in [1.54, 1.807) is 0 Å². The third kappa shape index (κ3) is 1.08. The summed E-state index contributed by atoms with van der Waals surface area (Å²) >= 11 is 0. The van der Waals surface area contributed by atoms with Crippen LogP contribution >= 0.6 is 0 Å². The minimum atomic E-state index is -3.48. The van der Waals surface area contributed by atoms with E-state index in [0.29, 0.717) is 12.1 Å². The Morgan fingerprint density at radius 2 is 2.22 bits per heavy atom. The SMILES string of the molecule is O=S1(=O)c2ncc3c(F)cc(n3n2)C2CCCC21. The van der Waals surface area contributed by atoms with Gasteiger partial charge in [0.05, 0.1) is 17.1 Å². The van der Waals surface area contributed by atoms with E-state index in [9.17, 15) is 12.8 Å². The fourth-order valence-electron chi connectivity index (χ4n) is 3.13. The van der Waals surface area contributed by atoms with Crippen LogP contribution in [0.3, 0.4) is 0 Å². The topological polar surface area (TPSA) is 64.3 Å². The number of fused-ring (bicyclic) bond motifs is 3. The molecule has 0 radical (unpaired) electrons. The molecule has 2 aliphatic rings. The van der Waals surface area contributed by atoms with Gasteiger partial charge < -0.3 is 0 Å². The van der Waals surface area contributed by atoms with E-state index in [-0.39, 0.29) is 22.4 Å². The molecule has 1 aliphatic heterocycles. The van der Waals surface area contributed by atoms with Gasteiger partial charge in [0, 0.05) is 5.92 Å². The summed E-state index contributed by atoms with van der Waals surface area (Å²) in [6, 6.07) is 1.40. The second-order valence-corrected chi connectivity index (χ2v) is 6.94. The van der Waals surface area contributed by atoms with Gasteiger partial charge in [-0.1, -0.05) is 6.42 Å². The van der Waals surface area contributed by atoms with E-state index in [1.807, 2.05) is 0 Å². The highest BCUT2D eigenvalue weighted by atomic mass is 32.2. The van der Waals surface area contributed by atoms with E-state index < -0.39 is 15.1 Å². The molecule has 3 heterocycles. The number of halogens is 1. The zero-order valence-electron chi connectivity index (χ0n) is 9.38. The van der Waals surface area contributed by atoms with Crippen LogP contribution in [0.2, 0.25) is 0 Å². The normalized spacial score (nSPS) is 28.5. The first kappa shape index (κ1) is 10.4. The summed E-state index contributed by atoms with van der Waals surface area (Å²) in [4.78, 5) is 3.82. The minimum Gasteiger partial charge on any atom is -0.230 e. The Morgan fingerprint density at radius 1 is 1.39 bits per heavy atom. The van der Waals surface area contributed by atoms with Gasteiger partial charge in [-0.05, 0) is 18.9 Å². The predicted molar refractivity (Wildman–Crippen MR) is 60.5 cm³/mol. The first-order valence-corrected chi connectivity index (χ1v) is 7.42. The molecule has 1 fully saturated rings. The molecule has 1 saturated carbocycles. The molecule has 5 nitrogen and oxygen atoms in total. The molecule has 7 heteroatoms. The van der Waals surface area contributed by atoms with Gasteiger partial charge >= 0.3 is 0 Å². The molecule has 0 spiro atoms. The average molecular weight is 267 g/mol. The van der Waals surface area contributed by atoms with Gasteiger partial charge in [-0.25, -0.2) is 22.3 Å². The van der Waals surface area contributed by atoms with Gasteiger partial charge in [0.25, 0.3) is 5.16 Å². The molecule has 4 rings (SSSR count). The van der Waals surface area contributed by atoms with Crippen LogP contribution in [0.1, 0.15) is 30.9 Å². The Hall–Kier alpha value is -1.50. The summed E-state index contributed by atoms with van der Waals surface area (Å²) in [5.74, 6) is -0.553. The molecule has 2 aromatic rings. The first-order chi connectivity index (χ1) is 8.59. The van der Waals surface area contributed by atoms with Crippen LogP contribution in [0.5, 0.6) is 0 Å². The molecule has 2 bridgehead atoms. The largest absolute Gasteiger partial charge is 0.266 e. The van der Waals surface area contributed by atoms with E-state index in [1.165, 1.54) is 16.8 Å². The molecule has 0 saturated heterocycles. The lowest BCUT2D eigenvalue weighted by atomic mass is 10.0. The molecule has 0 amide bonds. The second-order valence-electron chi connectivity index (χ2n) is 4.88. The van der Waals surface area contributed by atoms with Crippen LogP contribution in [0.15, 0.2) is 17.4 Å². The maximum absolute atomic E-state index is 13.7. The molecular formula is C11H10FN3O2S. The minimum absolute atomic E-state index is 0.166. The van der Waals surface area contributed by atoms with Crippen molar-refractivity contribution in [1.82, 2.24) is 14.6 Å². The molecule has 94 valence electrons. The van der Waals surface area contributed by atoms with Crippen molar-refractivity contribution in [3.05, 3.63) is 23.8 Å². The lowest BCUT2D eigenvalue weighted by molar-refractivity contribution is 0.563. The number of hydrogen-bond donors (Lipinski definition) is 0. The Kier molecular flexibility index (Phi) is 1.79. The average Bonchev–Trinajstić information content (AvgIpc) is 2.92. The zero-order chi connectivity index (χ0) is 12.5. The van der Waals surface area contributed by atoms with Crippen molar-refractivity contribution in [2.75, 3.05) is 0 Å². The maximum Gasteiger partial charge on any atom is 0.266 e. The molecule has 0 N–H and O–H groups in total. The summed E-state index contributed by atoms with van der Waals surface area (Å²) in [7, 11) is -3.48. The van der Waals surface area contributed by atoms with Crippen molar-refractivity contribution in [2.24, 2.45) is 0 Å². The predicted octanol–water partition coefficient (Wildman–Crippen LogP) is 1.29. The van der Waals surface area contributed by atoms with Crippen LogP contribution < -0.4 is 0 Å². The summed E-state index contributed by atoms with van der Waals surface area (Å²) in [6.07, 6.45) is 3.45. The third-order valence-electron chi connectivity index (χ3n) is 3.96. The lowest BCUT2D eigenvalue weighted by Crippen LogP contribution is -2.24. The molecule has 2 unspecified atom stereocenters. The molecule has 2 atom stereocenters. The zero-order valence-corrected chi connectivity index (χ0v) is 10.2. The fraction of sp³-hybridized carbons (Fsp3) is 0.455. The smallest absolute Gasteiger partial charge is 0.230 e. The summed E-state index contributed by atoms with van der Waals surface area (Å²) in [5.41, 5.74) is 0.909. The standard InChI is InChI=1S/C11H10FN3O2S/c12-7-4-8-6-2-1-3-10(6)18(16,17)11-13-5-9(7)15(8)14-11/h4-6,10H,1-3H2. The fourth-order valence-corrected chi connectivity index (χ4v) is 4.98. The van der Waals surface area contributed by atoms with E-state index >= 15 is 0 Å². The Labute approximate surface area is 103 Å². The van der Waals surface area contributed by atoms with Crippen molar-refractivity contribution in [3.8, 4) is 0 Å². The van der Waals surface area contributed by atoms with Crippen LogP contribution in [0, 0.1) is 5.82 Å². The van der Waals surface area contributed by atoms with Crippen molar-refractivity contribution in [3.63, 3.8) is 0 Å². The highest BCUT2D eigenvalue weighted by Crippen LogP contribution is 2.42. The highest BCUT2D eigenvalue weighted by Gasteiger charge is 2.44. The Morgan fingerprint density at radius 3 is 3.06 bits per heavy atom. The quantitative estimate of drug-likeness (QED) is 0.721. The van der Waals surface area contributed by atoms with Gasteiger partial charge in [0.2, 0.25) is 9.84 Å². The van der Waals surface area contributed by atoms with E-state index in [0.717, 1.165) is 12.8 Å². The van der Waals surface area contributed by atoms with Crippen molar-refractivity contribution in [2.45, 2.75) is 35.6 Å². The number of nitrogens with zero attached hydrogens (tertiary/aromatic N) is 3. The van der Waals surface area contributed by atoms with E-state index in [2.05, 4.69) is 10.1 Å². The Balaban J connectivity index is 2.16. The lowest BCUT2D eigenvalue weighted by Gasteiger charge is -2.14. The van der Waals surface area contributed by atoms with Gasteiger partial charge in [-0.15, -0.1) is 5.10 Å². The molecule has 1 aliphatic carbocycles. The van der Waals surface area contributed by atoms with Crippen LogP contribution in [-0.2, 0) is 9.84 Å². The molecule has 2 aromatic heterocycles. The molecule has 18 heavy (non-hydrogen) atoms. The van der Waals surface area contributed by atoms with Crippen molar-refractivity contribution < 1.29 is 12.8 Å². The third-order valence-corrected chi connectivity index (χ3v) is 6.02. The summed E-state index contributed by atoms with van der Waals surface area (Å²) < 4.78 is 39.9. The van der Waals surface area contributed by atoms with Gasteiger partial charge in [0.15, 0.2) is 5.82 Å². The maximum atomic E-state index is 13.7. The number of sulfone groups is 1. The number of hydrogen-bond acceptors (Lipinski definition) is 4. The Bertz CT molecular complexity index is 768. The monoisotopic (exact) mass is 267 g/mol. The van der Waals surface area contributed by atoms with Gasteiger partial charge in [-0.2, -0.15) is 0 Å². The summed E-state index contributed by atoms with van der Waals surface area (Å²) in [5, 5.41) is 3.31. The highest BCUT2D eigenvalue weighted by molar-refractivity contribution is 7.91. The molecule has 0 aromatic carbocycles. The summed E-state index contributed by atoms with van der Waals surface area (Å²) in [6.45, 7) is 0. The second kappa shape index (κ2) is 3.09. The van der Waals surface area contributed by atoms with Crippen LogP contribution in [0.4, 0.5) is 4.39 Å². The van der Waals surface area contributed by atoms with Crippen molar-refractivity contribution >= 4 is 15.4 Å².